The SMILES string of the molecule is C=Nc1ccc(/C(C=O)=C/C(=C\C=C(\C)C(=O)/C(C)=C\C)/C=C(\C)c2ccc(N=C)cc2)cc1. The van der Waals surface area contributed by atoms with Gasteiger partial charge in [-0.2, -0.15) is 0 Å². The number of Topliss-reactive ketones (excluding diaryl/α,β-unsaturated/α-hetero) is 1. The smallest absolute Gasteiger partial charge is 0.184 e. The Morgan fingerprint density at radius 3 is 1.76 bits per heavy atom. The van der Waals surface area contributed by atoms with Gasteiger partial charge in [-0.15, -0.1) is 0 Å². The molecule has 172 valence electrons. The number of allylic oxidation sites excluding steroid dienone is 10. The Bertz CT molecular complexity index is 1220. The van der Waals surface area contributed by atoms with Crippen LogP contribution in [0.2, 0.25) is 0 Å². The molecule has 0 atom stereocenters. The summed E-state index contributed by atoms with van der Waals surface area (Å²) in [7, 11) is 0. The fourth-order valence-electron chi connectivity index (χ4n) is 3.16. The molecule has 0 aliphatic carbocycles. The lowest BCUT2D eigenvalue weighted by molar-refractivity contribution is -0.112. The first-order valence-corrected chi connectivity index (χ1v) is 10.9. The second-order valence-electron chi connectivity index (χ2n) is 7.77. The monoisotopic (exact) mass is 450 g/mol. The number of aldehydes is 1. The average Bonchev–Trinajstić information content (AvgIpc) is 2.88. The Morgan fingerprint density at radius 1 is 0.765 bits per heavy atom. The van der Waals surface area contributed by atoms with Crippen molar-refractivity contribution in [1.29, 1.82) is 0 Å². The molecule has 0 aliphatic rings. The van der Waals surface area contributed by atoms with Crippen LogP contribution in [0.25, 0.3) is 11.1 Å². The molecule has 2 aromatic carbocycles. The molecule has 0 bridgehead atoms. The van der Waals surface area contributed by atoms with E-state index >= 15 is 0 Å². The Hall–Kier alpha value is -4.18. The summed E-state index contributed by atoms with van der Waals surface area (Å²) in [6, 6.07) is 15.0. The van der Waals surface area contributed by atoms with Gasteiger partial charge in [0.25, 0.3) is 0 Å². The van der Waals surface area contributed by atoms with Gasteiger partial charge in [-0.25, -0.2) is 0 Å². The van der Waals surface area contributed by atoms with Crippen LogP contribution >= 0.6 is 0 Å². The maximum atomic E-state index is 12.5. The topological polar surface area (TPSA) is 58.9 Å². The number of carbonyl (C=O) groups excluding carboxylic acids is 2. The van der Waals surface area contributed by atoms with Gasteiger partial charge in [0.1, 0.15) is 0 Å². The van der Waals surface area contributed by atoms with Crippen LogP contribution in [0.4, 0.5) is 11.4 Å². The lowest BCUT2D eigenvalue weighted by atomic mass is 9.99. The molecule has 0 saturated heterocycles. The molecular weight excluding hydrogens is 420 g/mol. The van der Waals surface area contributed by atoms with Gasteiger partial charge in [0, 0.05) is 5.57 Å². The number of carbonyl (C=O) groups is 2. The van der Waals surface area contributed by atoms with Crippen molar-refractivity contribution in [3.05, 3.63) is 107 Å². The Balaban J connectivity index is 2.57. The molecule has 0 saturated carbocycles. The first-order valence-electron chi connectivity index (χ1n) is 10.9. The van der Waals surface area contributed by atoms with Gasteiger partial charge in [0.15, 0.2) is 12.1 Å². The summed E-state index contributed by atoms with van der Waals surface area (Å²) in [4.78, 5) is 32.2. The minimum atomic E-state index is -0.0154. The molecule has 0 spiro atoms. The molecule has 0 heterocycles. The predicted octanol–water partition coefficient (Wildman–Crippen LogP) is 7.44. The van der Waals surface area contributed by atoms with E-state index in [2.05, 4.69) is 23.4 Å². The second kappa shape index (κ2) is 12.8. The van der Waals surface area contributed by atoms with E-state index < -0.39 is 0 Å². The van der Waals surface area contributed by atoms with E-state index in [0.717, 1.165) is 39.9 Å². The van der Waals surface area contributed by atoms with Gasteiger partial charge in [0.2, 0.25) is 0 Å². The molecule has 4 heteroatoms. The summed E-state index contributed by atoms with van der Waals surface area (Å²) in [6.45, 7) is 14.5. The van der Waals surface area contributed by atoms with Gasteiger partial charge in [-0.1, -0.05) is 48.6 Å². The second-order valence-corrected chi connectivity index (χ2v) is 7.77. The summed E-state index contributed by atoms with van der Waals surface area (Å²) in [6.07, 6.45) is 10.0. The summed E-state index contributed by atoms with van der Waals surface area (Å²) >= 11 is 0. The molecule has 4 nitrogen and oxygen atoms in total. The van der Waals surface area contributed by atoms with E-state index in [1.807, 2.05) is 80.6 Å². The molecular formula is C30H30N2O2. The first-order chi connectivity index (χ1) is 16.3. The van der Waals surface area contributed by atoms with Gasteiger partial charge >= 0.3 is 0 Å². The lowest BCUT2D eigenvalue weighted by Crippen LogP contribution is -2.00. The van der Waals surface area contributed by atoms with Crippen LogP contribution in [0.5, 0.6) is 0 Å². The van der Waals surface area contributed by atoms with Gasteiger partial charge in [-0.3, -0.25) is 19.6 Å². The molecule has 0 unspecified atom stereocenters. The zero-order chi connectivity index (χ0) is 25.1. The van der Waals surface area contributed by atoms with Crippen molar-refractivity contribution in [1.82, 2.24) is 0 Å². The van der Waals surface area contributed by atoms with Crippen molar-refractivity contribution in [3.8, 4) is 0 Å². The van der Waals surface area contributed by atoms with E-state index in [0.29, 0.717) is 16.7 Å². The number of ketones is 1. The van der Waals surface area contributed by atoms with Crippen molar-refractivity contribution < 1.29 is 9.59 Å². The van der Waals surface area contributed by atoms with E-state index in [9.17, 15) is 9.59 Å². The Morgan fingerprint density at radius 2 is 1.29 bits per heavy atom. The van der Waals surface area contributed by atoms with Crippen LogP contribution in [0.3, 0.4) is 0 Å². The van der Waals surface area contributed by atoms with Gasteiger partial charge < -0.3 is 0 Å². The Labute approximate surface area is 202 Å². The van der Waals surface area contributed by atoms with E-state index in [1.54, 1.807) is 26.0 Å². The maximum Gasteiger partial charge on any atom is 0.184 e. The predicted molar refractivity (Wildman–Crippen MR) is 145 cm³/mol. The highest BCUT2D eigenvalue weighted by Crippen LogP contribution is 2.23. The highest BCUT2D eigenvalue weighted by atomic mass is 16.1. The number of aliphatic imine (C=N–C) groups is 2. The minimum Gasteiger partial charge on any atom is -0.298 e. The van der Waals surface area contributed by atoms with E-state index in [1.165, 1.54) is 0 Å². The molecule has 0 aliphatic heterocycles. The minimum absolute atomic E-state index is 0.0154. The average molecular weight is 451 g/mol. The molecule has 2 aromatic rings. The zero-order valence-corrected chi connectivity index (χ0v) is 20.2. The first kappa shape index (κ1) is 26.1. The maximum absolute atomic E-state index is 12.5. The lowest BCUT2D eigenvalue weighted by Gasteiger charge is -2.06. The molecule has 34 heavy (non-hydrogen) atoms. The molecule has 2 rings (SSSR count). The Kier molecular flexibility index (Phi) is 9.78. The van der Waals surface area contributed by atoms with Crippen molar-refractivity contribution in [2.45, 2.75) is 27.7 Å². The number of rotatable bonds is 10. The fourth-order valence-corrected chi connectivity index (χ4v) is 3.16. The number of hydrogen-bond acceptors (Lipinski definition) is 4. The van der Waals surface area contributed by atoms with Crippen LogP contribution in [-0.2, 0) is 9.59 Å². The number of benzene rings is 2. The third-order valence-electron chi connectivity index (χ3n) is 5.40. The summed E-state index contributed by atoms with van der Waals surface area (Å²) in [5.74, 6) is -0.0154. The van der Waals surface area contributed by atoms with E-state index in [4.69, 9.17) is 0 Å². The van der Waals surface area contributed by atoms with Gasteiger partial charge in [0.05, 0.1) is 11.4 Å². The molecule has 0 N–H and O–H groups in total. The van der Waals surface area contributed by atoms with Crippen LogP contribution in [0.1, 0.15) is 38.8 Å². The third-order valence-corrected chi connectivity index (χ3v) is 5.40. The van der Waals surface area contributed by atoms with Crippen LogP contribution in [0, 0.1) is 0 Å². The van der Waals surface area contributed by atoms with Crippen LogP contribution < -0.4 is 0 Å². The van der Waals surface area contributed by atoms with Crippen molar-refractivity contribution >= 4 is 48.0 Å². The number of hydrogen-bond donors (Lipinski definition) is 0. The number of nitrogens with zero attached hydrogens (tertiary/aromatic N) is 2. The quantitative estimate of drug-likeness (QED) is 0.163. The highest BCUT2D eigenvalue weighted by molar-refractivity contribution is 6.08. The van der Waals surface area contributed by atoms with Crippen molar-refractivity contribution in [3.63, 3.8) is 0 Å². The van der Waals surface area contributed by atoms with E-state index in [-0.39, 0.29) is 5.78 Å². The van der Waals surface area contributed by atoms with Gasteiger partial charge in [-0.05, 0) is 105 Å². The molecule has 0 aromatic heterocycles. The van der Waals surface area contributed by atoms with Crippen LogP contribution in [-0.4, -0.2) is 25.5 Å². The zero-order valence-electron chi connectivity index (χ0n) is 20.2. The molecule has 0 fully saturated rings. The normalized spacial score (nSPS) is 13.5. The van der Waals surface area contributed by atoms with Crippen molar-refractivity contribution in [2.24, 2.45) is 9.98 Å². The summed E-state index contributed by atoms with van der Waals surface area (Å²) in [5.41, 5.74) is 6.90. The molecule has 0 radical (unpaired) electrons. The largest absolute Gasteiger partial charge is 0.298 e. The standard InChI is InChI=1S/C30H30N2O2/c1-7-21(2)30(34)22(3)8-9-24(18-23(4)25-10-14-28(31-5)15-11-25)19-27(20-33)26-12-16-29(32-6)17-13-26/h7-20H,5-6H2,1-4H3/b21-7-,22-8-,23-18+,24-9-,27-19+. The third kappa shape index (κ3) is 7.17. The summed E-state index contributed by atoms with van der Waals surface area (Å²) < 4.78 is 0. The molecule has 0 amide bonds. The van der Waals surface area contributed by atoms with Crippen LogP contribution in [0.15, 0.2) is 106 Å². The summed E-state index contributed by atoms with van der Waals surface area (Å²) in [5, 5.41) is 0. The highest BCUT2D eigenvalue weighted by Gasteiger charge is 2.06. The fraction of sp³-hybridized carbons (Fsp3) is 0.133. The van der Waals surface area contributed by atoms with Crippen molar-refractivity contribution in [2.75, 3.05) is 0 Å².